The SMILES string of the molecule is CCc1nccn1CCCC(C)(C)C(=N)N. The lowest BCUT2D eigenvalue weighted by atomic mass is 9.87. The monoisotopic (exact) mass is 222 g/mol. The molecule has 1 aromatic rings. The minimum Gasteiger partial charge on any atom is -0.387 e. The molecule has 0 saturated carbocycles. The highest BCUT2D eigenvalue weighted by atomic mass is 15.1. The van der Waals surface area contributed by atoms with Gasteiger partial charge in [-0.1, -0.05) is 20.8 Å². The van der Waals surface area contributed by atoms with Crippen LogP contribution in [0.25, 0.3) is 0 Å². The topological polar surface area (TPSA) is 67.7 Å². The van der Waals surface area contributed by atoms with Crippen molar-refractivity contribution in [2.75, 3.05) is 0 Å². The Morgan fingerprint density at radius 3 is 2.81 bits per heavy atom. The van der Waals surface area contributed by atoms with E-state index in [-0.39, 0.29) is 11.3 Å². The first kappa shape index (κ1) is 12.7. The number of aryl methyl sites for hydroxylation is 2. The van der Waals surface area contributed by atoms with Gasteiger partial charge in [-0.2, -0.15) is 0 Å². The highest BCUT2D eigenvalue weighted by Gasteiger charge is 2.20. The summed E-state index contributed by atoms with van der Waals surface area (Å²) in [5.74, 6) is 1.40. The number of aromatic nitrogens is 2. The zero-order chi connectivity index (χ0) is 12.2. The fourth-order valence-corrected chi connectivity index (χ4v) is 1.68. The Bertz CT molecular complexity index is 352. The van der Waals surface area contributed by atoms with Crippen molar-refractivity contribution in [3.63, 3.8) is 0 Å². The number of amidine groups is 1. The minimum atomic E-state index is -0.188. The molecule has 4 nitrogen and oxygen atoms in total. The molecule has 0 aromatic carbocycles. The van der Waals surface area contributed by atoms with Gasteiger partial charge >= 0.3 is 0 Å². The van der Waals surface area contributed by atoms with Crippen LogP contribution in [0.5, 0.6) is 0 Å². The van der Waals surface area contributed by atoms with Crippen LogP contribution >= 0.6 is 0 Å². The molecule has 0 aliphatic carbocycles. The second kappa shape index (κ2) is 5.14. The molecular formula is C12H22N4. The van der Waals surface area contributed by atoms with E-state index in [0.717, 1.165) is 31.6 Å². The second-order valence-corrected chi connectivity index (χ2v) is 4.79. The van der Waals surface area contributed by atoms with Gasteiger partial charge in [0.1, 0.15) is 5.82 Å². The molecule has 1 aromatic heterocycles. The number of imidazole rings is 1. The molecule has 0 amide bonds. The van der Waals surface area contributed by atoms with Gasteiger partial charge in [-0.3, -0.25) is 5.41 Å². The van der Waals surface area contributed by atoms with Gasteiger partial charge in [-0.25, -0.2) is 4.98 Å². The Hall–Kier alpha value is -1.32. The fourth-order valence-electron chi connectivity index (χ4n) is 1.68. The van der Waals surface area contributed by atoms with Gasteiger partial charge in [0.15, 0.2) is 0 Å². The average Bonchev–Trinajstić information content (AvgIpc) is 2.64. The van der Waals surface area contributed by atoms with Crippen molar-refractivity contribution in [1.82, 2.24) is 9.55 Å². The first-order chi connectivity index (χ1) is 7.47. The third-order valence-electron chi connectivity index (χ3n) is 3.05. The third-order valence-corrected chi connectivity index (χ3v) is 3.05. The number of nitrogens with zero attached hydrogens (tertiary/aromatic N) is 2. The molecule has 0 unspecified atom stereocenters. The standard InChI is InChI=1S/C12H22N4/c1-4-10-15-7-9-16(10)8-5-6-12(2,3)11(13)14/h7,9H,4-6,8H2,1-3H3,(H3,13,14). The first-order valence-electron chi connectivity index (χ1n) is 5.82. The van der Waals surface area contributed by atoms with E-state index in [4.69, 9.17) is 11.1 Å². The molecule has 90 valence electrons. The summed E-state index contributed by atoms with van der Waals surface area (Å²) in [6.45, 7) is 7.10. The van der Waals surface area contributed by atoms with E-state index in [1.165, 1.54) is 0 Å². The summed E-state index contributed by atoms with van der Waals surface area (Å²) >= 11 is 0. The first-order valence-corrected chi connectivity index (χ1v) is 5.82. The molecule has 0 bridgehead atoms. The summed E-state index contributed by atoms with van der Waals surface area (Å²) in [6.07, 6.45) is 6.78. The Kier molecular flexibility index (Phi) is 4.10. The van der Waals surface area contributed by atoms with E-state index in [2.05, 4.69) is 16.5 Å². The lowest BCUT2D eigenvalue weighted by molar-refractivity contribution is 0.426. The molecular weight excluding hydrogens is 200 g/mol. The lowest BCUT2D eigenvalue weighted by Gasteiger charge is -2.22. The average molecular weight is 222 g/mol. The van der Waals surface area contributed by atoms with Crippen molar-refractivity contribution < 1.29 is 0 Å². The summed E-state index contributed by atoms with van der Waals surface area (Å²) in [5.41, 5.74) is 5.36. The molecule has 1 heterocycles. The van der Waals surface area contributed by atoms with Gasteiger partial charge in [0.05, 0.1) is 5.84 Å². The van der Waals surface area contributed by atoms with E-state index in [9.17, 15) is 0 Å². The van der Waals surface area contributed by atoms with Crippen LogP contribution in [0.15, 0.2) is 12.4 Å². The molecule has 0 aliphatic heterocycles. The predicted molar refractivity (Wildman–Crippen MR) is 66.5 cm³/mol. The van der Waals surface area contributed by atoms with E-state index in [0.29, 0.717) is 0 Å². The molecule has 4 heteroatoms. The fraction of sp³-hybridized carbons (Fsp3) is 0.667. The molecule has 0 atom stereocenters. The molecule has 16 heavy (non-hydrogen) atoms. The molecule has 0 aliphatic rings. The van der Waals surface area contributed by atoms with E-state index in [1.54, 1.807) is 0 Å². The number of rotatable bonds is 6. The molecule has 0 radical (unpaired) electrons. The molecule has 3 N–H and O–H groups in total. The summed E-state index contributed by atoms with van der Waals surface area (Å²) < 4.78 is 2.18. The van der Waals surface area contributed by atoms with Crippen molar-refractivity contribution in [3.8, 4) is 0 Å². The summed E-state index contributed by atoms with van der Waals surface area (Å²) in [5, 5.41) is 7.49. The smallest absolute Gasteiger partial charge is 0.108 e. The van der Waals surface area contributed by atoms with Crippen molar-refractivity contribution >= 4 is 5.84 Å². The van der Waals surface area contributed by atoms with Crippen LogP contribution in [0.2, 0.25) is 0 Å². The largest absolute Gasteiger partial charge is 0.387 e. The molecule has 0 fully saturated rings. The highest BCUT2D eigenvalue weighted by molar-refractivity contribution is 5.82. The van der Waals surface area contributed by atoms with Gasteiger partial charge in [-0.05, 0) is 12.8 Å². The van der Waals surface area contributed by atoms with Crippen molar-refractivity contribution in [3.05, 3.63) is 18.2 Å². The normalized spacial score (nSPS) is 11.7. The number of nitrogens with one attached hydrogen (secondary N) is 1. The number of nitrogens with two attached hydrogens (primary N) is 1. The number of hydrogen-bond acceptors (Lipinski definition) is 2. The van der Waals surface area contributed by atoms with Crippen LogP contribution in [-0.4, -0.2) is 15.4 Å². The zero-order valence-electron chi connectivity index (χ0n) is 10.5. The van der Waals surface area contributed by atoms with Crippen LogP contribution in [0, 0.1) is 10.8 Å². The Labute approximate surface area is 97.4 Å². The second-order valence-electron chi connectivity index (χ2n) is 4.79. The maximum atomic E-state index is 7.49. The molecule has 1 rings (SSSR count). The number of hydrogen-bond donors (Lipinski definition) is 2. The molecule has 0 spiro atoms. The van der Waals surface area contributed by atoms with Crippen LogP contribution in [0.4, 0.5) is 0 Å². The summed E-state index contributed by atoms with van der Waals surface area (Å²) in [4.78, 5) is 4.28. The summed E-state index contributed by atoms with van der Waals surface area (Å²) in [6, 6.07) is 0. The quantitative estimate of drug-likeness (QED) is 0.572. The van der Waals surface area contributed by atoms with E-state index < -0.39 is 0 Å². The zero-order valence-corrected chi connectivity index (χ0v) is 10.5. The van der Waals surface area contributed by atoms with Gasteiger partial charge in [0.25, 0.3) is 0 Å². The Balaban J connectivity index is 2.44. The predicted octanol–water partition coefficient (Wildman–Crippen LogP) is 2.19. The summed E-state index contributed by atoms with van der Waals surface area (Å²) in [7, 11) is 0. The van der Waals surface area contributed by atoms with Gasteiger partial charge in [-0.15, -0.1) is 0 Å². The van der Waals surface area contributed by atoms with Crippen molar-refractivity contribution in [1.29, 1.82) is 5.41 Å². The highest BCUT2D eigenvalue weighted by Crippen LogP contribution is 2.22. The maximum absolute atomic E-state index is 7.49. The Morgan fingerprint density at radius 2 is 2.25 bits per heavy atom. The van der Waals surface area contributed by atoms with Crippen molar-refractivity contribution in [2.45, 2.75) is 46.6 Å². The van der Waals surface area contributed by atoms with Crippen molar-refractivity contribution in [2.24, 2.45) is 11.1 Å². The minimum absolute atomic E-state index is 0.188. The van der Waals surface area contributed by atoms with E-state index >= 15 is 0 Å². The molecule has 0 saturated heterocycles. The van der Waals surface area contributed by atoms with E-state index in [1.807, 2.05) is 26.2 Å². The van der Waals surface area contributed by atoms with Crippen LogP contribution in [-0.2, 0) is 13.0 Å². The van der Waals surface area contributed by atoms with Gasteiger partial charge < -0.3 is 10.3 Å². The van der Waals surface area contributed by atoms with Crippen LogP contribution < -0.4 is 5.73 Å². The Morgan fingerprint density at radius 1 is 1.56 bits per heavy atom. The van der Waals surface area contributed by atoms with Crippen LogP contribution in [0.3, 0.4) is 0 Å². The van der Waals surface area contributed by atoms with Gasteiger partial charge in [0.2, 0.25) is 0 Å². The third kappa shape index (κ3) is 3.08. The van der Waals surface area contributed by atoms with Gasteiger partial charge in [0, 0.05) is 30.8 Å². The lowest BCUT2D eigenvalue weighted by Crippen LogP contribution is -2.31. The van der Waals surface area contributed by atoms with Crippen LogP contribution in [0.1, 0.15) is 39.4 Å². The maximum Gasteiger partial charge on any atom is 0.108 e.